The zero-order chi connectivity index (χ0) is 11.5. The van der Waals surface area contributed by atoms with Crippen LogP contribution in [-0.4, -0.2) is 52.6 Å². The zero-order valence-corrected chi connectivity index (χ0v) is 12.6. The number of rotatable bonds is 10. The van der Waals surface area contributed by atoms with E-state index in [0.717, 1.165) is 24.9 Å². The maximum absolute atomic E-state index is 5.70. The first kappa shape index (κ1) is 15.7. The summed E-state index contributed by atoms with van der Waals surface area (Å²) < 4.78 is 15.9. The Morgan fingerprint density at radius 2 is 1.27 bits per heavy atom. The lowest BCUT2D eigenvalue weighted by atomic mass is 10.5. The summed E-state index contributed by atoms with van der Waals surface area (Å²) in [4.78, 5) is 0. The van der Waals surface area contributed by atoms with E-state index in [1.165, 1.54) is 0 Å². The van der Waals surface area contributed by atoms with Gasteiger partial charge in [-0.05, 0) is 38.0 Å². The molecule has 0 aromatic rings. The Labute approximate surface area is 102 Å². The molecule has 0 bridgehead atoms. The zero-order valence-electron chi connectivity index (χ0n) is 8.62. The average Bonchev–Trinajstić information content (AvgIpc) is 2.28. The molecule has 0 aliphatic carbocycles. The van der Waals surface area contributed by atoms with Gasteiger partial charge in [-0.1, -0.05) is 0 Å². The quantitative estimate of drug-likeness (QED) is 0.494. The predicted molar refractivity (Wildman–Crippen MR) is 63.2 cm³/mol. The van der Waals surface area contributed by atoms with Gasteiger partial charge in [-0.15, -0.1) is 0 Å². The van der Waals surface area contributed by atoms with Gasteiger partial charge in [-0.3, -0.25) is 0 Å². The van der Waals surface area contributed by atoms with Crippen LogP contribution in [0, 0.1) is 0 Å². The molecule has 0 heterocycles. The lowest BCUT2D eigenvalue weighted by Gasteiger charge is -2.18. The van der Waals surface area contributed by atoms with Crippen LogP contribution >= 0.6 is 0 Å². The molecule has 0 aliphatic rings. The van der Waals surface area contributed by atoms with Crippen LogP contribution in [0.25, 0.3) is 0 Å². The molecule has 8 radical (unpaired) electrons. The minimum Gasteiger partial charge on any atom is -0.436 e. The van der Waals surface area contributed by atoms with E-state index in [1.54, 1.807) is 0 Å². The first-order valence-corrected chi connectivity index (χ1v) is 8.61. The van der Waals surface area contributed by atoms with E-state index in [9.17, 15) is 0 Å². The highest BCUT2D eigenvalue weighted by molar-refractivity contribution is 6.62. The van der Waals surface area contributed by atoms with Gasteiger partial charge < -0.3 is 23.8 Å². The molecule has 0 saturated carbocycles. The van der Waals surface area contributed by atoms with Crippen molar-refractivity contribution in [2.24, 2.45) is 11.5 Å². The van der Waals surface area contributed by atoms with Gasteiger partial charge >= 0.3 is 18.6 Å². The van der Waals surface area contributed by atoms with Crippen molar-refractivity contribution >= 4 is 39.5 Å². The number of nitrogens with two attached hydrogens (primary N) is 2. The van der Waals surface area contributed by atoms with Crippen molar-refractivity contribution in [2.75, 3.05) is 13.1 Å². The first-order chi connectivity index (χ1) is 7.28. The molecule has 0 atom stereocenters. The minimum absolute atomic E-state index is 0.646. The standard InChI is InChI=1S/C6H16N2O3Si4/c7-3-1-5-14(9-12)11-15(10-13)6-2-4-8/h1-8H2. The van der Waals surface area contributed by atoms with E-state index in [4.69, 9.17) is 23.8 Å². The normalized spacial score (nSPS) is 11.6. The van der Waals surface area contributed by atoms with E-state index in [1.807, 2.05) is 0 Å². The Morgan fingerprint density at radius 1 is 0.867 bits per heavy atom. The fraction of sp³-hybridized carbons (Fsp3) is 1.00. The molecule has 0 spiro atoms. The van der Waals surface area contributed by atoms with Gasteiger partial charge in [0, 0.05) is 0 Å². The highest BCUT2D eigenvalue weighted by Gasteiger charge is 2.22. The van der Waals surface area contributed by atoms with Crippen molar-refractivity contribution < 1.29 is 12.3 Å². The van der Waals surface area contributed by atoms with Gasteiger partial charge in [0.1, 0.15) is 0 Å². The minimum atomic E-state index is -1.31. The van der Waals surface area contributed by atoms with E-state index >= 15 is 0 Å². The molecule has 0 aliphatic heterocycles. The fourth-order valence-corrected chi connectivity index (χ4v) is 5.58. The fourth-order valence-electron chi connectivity index (χ4n) is 0.866. The summed E-state index contributed by atoms with van der Waals surface area (Å²) in [6.45, 7) is 1.29. The van der Waals surface area contributed by atoms with Crippen LogP contribution in [-0.2, 0) is 12.3 Å². The third-order valence-corrected chi connectivity index (χ3v) is 6.79. The molecule has 0 fully saturated rings. The third-order valence-electron chi connectivity index (χ3n) is 1.63. The van der Waals surface area contributed by atoms with Crippen LogP contribution in [0.15, 0.2) is 0 Å². The molecule has 5 nitrogen and oxygen atoms in total. The van der Waals surface area contributed by atoms with Crippen LogP contribution in [0.2, 0.25) is 12.1 Å². The summed E-state index contributed by atoms with van der Waals surface area (Å²) in [6, 6.07) is 1.69. The molecule has 0 amide bonds. The molecule has 0 rings (SSSR count). The van der Waals surface area contributed by atoms with Gasteiger partial charge in [0.15, 0.2) is 0 Å². The lowest BCUT2D eigenvalue weighted by molar-refractivity contribution is 0.383. The Hall–Kier alpha value is 0.668. The Kier molecular flexibility index (Phi) is 11.7. The first-order valence-electron chi connectivity index (χ1n) is 4.75. The molecular formula is C6H16N2O3Si4. The van der Waals surface area contributed by atoms with E-state index in [-0.39, 0.29) is 0 Å². The molecular weight excluding hydrogens is 260 g/mol. The van der Waals surface area contributed by atoms with Crippen molar-refractivity contribution in [3.63, 3.8) is 0 Å². The second-order valence-corrected chi connectivity index (χ2v) is 7.77. The van der Waals surface area contributed by atoms with Crippen molar-refractivity contribution in [2.45, 2.75) is 24.9 Å². The van der Waals surface area contributed by atoms with E-state index in [0.29, 0.717) is 13.1 Å². The van der Waals surface area contributed by atoms with Gasteiger partial charge in [-0.2, -0.15) is 0 Å². The Morgan fingerprint density at radius 3 is 1.53 bits per heavy atom. The second kappa shape index (κ2) is 11.2. The van der Waals surface area contributed by atoms with Crippen molar-refractivity contribution in [3.05, 3.63) is 0 Å². The highest BCUT2D eigenvalue weighted by Crippen LogP contribution is 2.06. The summed E-state index contributed by atoms with van der Waals surface area (Å²) >= 11 is 0. The summed E-state index contributed by atoms with van der Waals surface area (Å²) in [5.41, 5.74) is 10.8. The van der Waals surface area contributed by atoms with Gasteiger partial charge in [0.25, 0.3) is 0 Å². The van der Waals surface area contributed by atoms with Gasteiger partial charge in [0.2, 0.25) is 21.0 Å². The van der Waals surface area contributed by atoms with Gasteiger partial charge in [-0.25, -0.2) is 0 Å². The molecule has 84 valence electrons. The van der Waals surface area contributed by atoms with E-state index < -0.39 is 18.6 Å². The van der Waals surface area contributed by atoms with Crippen LogP contribution < -0.4 is 11.5 Å². The largest absolute Gasteiger partial charge is 0.436 e. The summed E-state index contributed by atoms with van der Waals surface area (Å²) in [5, 5.41) is 0. The number of hydrogen-bond acceptors (Lipinski definition) is 5. The van der Waals surface area contributed by atoms with Crippen molar-refractivity contribution in [1.82, 2.24) is 0 Å². The second-order valence-electron chi connectivity index (χ2n) is 2.83. The molecule has 0 aromatic carbocycles. The monoisotopic (exact) mass is 276 g/mol. The molecule has 15 heavy (non-hydrogen) atoms. The Balaban J connectivity index is 3.77. The van der Waals surface area contributed by atoms with Crippen molar-refractivity contribution in [1.29, 1.82) is 0 Å². The number of hydrogen-bond donors (Lipinski definition) is 2. The average molecular weight is 277 g/mol. The van der Waals surface area contributed by atoms with Crippen LogP contribution in [0.3, 0.4) is 0 Å². The van der Waals surface area contributed by atoms with Gasteiger partial charge in [0.05, 0.1) is 0 Å². The molecule has 0 aromatic heterocycles. The SMILES string of the molecule is NCCC[Si](O[Si])O[Si](CCCN)O[Si]. The van der Waals surface area contributed by atoms with Crippen LogP contribution in [0.4, 0.5) is 0 Å². The van der Waals surface area contributed by atoms with Crippen molar-refractivity contribution in [3.8, 4) is 0 Å². The maximum atomic E-state index is 5.70. The maximum Gasteiger partial charge on any atom is 0.363 e. The summed E-state index contributed by atoms with van der Waals surface area (Å²) in [5.74, 6) is 0. The predicted octanol–water partition coefficient (Wildman–Crippen LogP) is -1.12. The summed E-state index contributed by atoms with van der Waals surface area (Å²) in [6.07, 6.45) is 1.79. The third kappa shape index (κ3) is 8.47. The topological polar surface area (TPSA) is 79.7 Å². The smallest absolute Gasteiger partial charge is 0.363 e. The van der Waals surface area contributed by atoms with E-state index in [2.05, 4.69) is 21.0 Å². The lowest BCUT2D eigenvalue weighted by Crippen LogP contribution is -2.34. The van der Waals surface area contributed by atoms with Crippen LogP contribution in [0.5, 0.6) is 0 Å². The molecule has 9 heteroatoms. The highest BCUT2D eigenvalue weighted by atomic mass is 28.4. The molecule has 0 unspecified atom stereocenters. The van der Waals surface area contributed by atoms with Crippen LogP contribution in [0.1, 0.15) is 12.8 Å². The molecule has 0 saturated heterocycles. The molecule has 4 N–H and O–H groups in total. The Bertz CT molecular complexity index is 132. The summed E-state index contributed by atoms with van der Waals surface area (Å²) in [7, 11) is 3.43.